The summed E-state index contributed by atoms with van der Waals surface area (Å²) in [5.41, 5.74) is 6.01. The third kappa shape index (κ3) is 2.94. The van der Waals surface area contributed by atoms with Gasteiger partial charge >= 0.3 is 0 Å². The fourth-order valence-corrected chi connectivity index (χ4v) is 4.46. The number of hydrogen-bond donors (Lipinski definition) is 2. The summed E-state index contributed by atoms with van der Waals surface area (Å²) in [6.45, 7) is -0.0808. The predicted molar refractivity (Wildman–Crippen MR) is 77.2 cm³/mol. The van der Waals surface area contributed by atoms with E-state index in [0.29, 0.717) is 4.47 Å². The minimum atomic E-state index is -3.66. The van der Waals surface area contributed by atoms with E-state index in [4.69, 9.17) is 10.8 Å². The van der Waals surface area contributed by atoms with Crippen molar-refractivity contribution in [3.63, 3.8) is 0 Å². The maximum atomic E-state index is 12.6. The topological polar surface area (TPSA) is 83.6 Å². The van der Waals surface area contributed by atoms with Crippen LogP contribution >= 0.6 is 15.9 Å². The molecule has 1 aliphatic rings. The second-order valence-corrected chi connectivity index (χ2v) is 7.38. The van der Waals surface area contributed by atoms with Gasteiger partial charge in [-0.2, -0.15) is 4.31 Å². The number of anilines is 1. The van der Waals surface area contributed by atoms with Gasteiger partial charge in [-0.15, -0.1) is 0 Å². The fraction of sp³-hybridized carbons (Fsp3) is 0.500. The molecule has 1 aliphatic carbocycles. The van der Waals surface area contributed by atoms with E-state index in [1.165, 1.54) is 10.4 Å². The van der Waals surface area contributed by atoms with Gasteiger partial charge in [0.05, 0.1) is 12.3 Å². The first kappa shape index (κ1) is 14.8. The summed E-state index contributed by atoms with van der Waals surface area (Å²) in [6.07, 6.45) is 2.70. The Labute approximate surface area is 121 Å². The number of nitrogens with zero attached hydrogens (tertiary/aromatic N) is 1. The third-order valence-corrected chi connectivity index (χ3v) is 5.87. The summed E-state index contributed by atoms with van der Waals surface area (Å²) in [6, 6.07) is 4.76. The molecule has 0 atom stereocenters. The maximum absolute atomic E-state index is 12.6. The molecule has 106 valence electrons. The van der Waals surface area contributed by atoms with Gasteiger partial charge in [-0.3, -0.25) is 0 Å². The van der Waals surface area contributed by atoms with Crippen LogP contribution in [0.15, 0.2) is 27.6 Å². The van der Waals surface area contributed by atoms with Gasteiger partial charge in [0.2, 0.25) is 10.0 Å². The van der Waals surface area contributed by atoms with Crippen molar-refractivity contribution in [2.24, 2.45) is 0 Å². The van der Waals surface area contributed by atoms with Crippen molar-refractivity contribution >= 4 is 31.6 Å². The number of aliphatic hydroxyl groups is 1. The molecule has 0 radical (unpaired) electrons. The van der Waals surface area contributed by atoms with Crippen molar-refractivity contribution in [1.82, 2.24) is 4.31 Å². The lowest BCUT2D eigenvalue weighted by Gasteiger charge is -2.36. The Morgan fingerprint density at radius 1 is 1.42 bits per heavy atom. The molecule has 0 heterocycles. The largest absolute Gasteiger partial charge is 0.398 e. The van der Waals surface area contributed by atoms with Gasteiger partial charge in [-0.25, -0.2) is 8.42 Å². The van der Waals surface area contributed by atoms with Crippen LogP contribution in [-0.2, 0) is 10.0 Å². The number of nitrogen functional groups attached to an aromatic ring is 1. The highest BCUT2D eigenvalue weighted by atomic mass is 79.9. The minimum absolute atomic E-state index is 0.0180. The molecule has 1 aromatic rings. The molecule has 0 spiro atoms. The Balaban J connectivity index is 2.40. The smallest absolute Gasteiger partial charge is 0.245 e. The Bertz CT molecular complexity index is 558. The molecule has 0 bridgehead atoms. The van der Waals surface area contributed by atoms with Crippen molar-refractivity contribution in [2.75, 3.05) is 18.9 Å². The van der Waals surface area contributed by atoms with Crippen molar-refractivity contribution in [1.29, 1.82) is 0 Å². The molecule has 1 aromatic carbocycles. The van der Waals surface area contributed by atoms with Crippen LogP contribution < -0.4 is 5.73 Å². The molecule has 0 amide bonds. The Hall–Kier alpha value is -0.630. The van der Waals surface area contributed by atoms with Crippen molar-refractivity contribution in [3.05, 3.63) is 22.7 Å². The van der Waals surface area contributed by atoms with E-state index < -0.39 is 10.0 Å². The Morgan fingerprint density at radius 2 is 2.11 bits per heavy atom. The highest BCUT2D eigenvalue weighted by molar-refractivity contribution is 9.10. The molecule has 5 nitrogen and oxygen atoms in total. The maximum Gasteiger partial charge on any atom is 0.245 e. The average molecular weight is 349 g/mol. The van der Waals surface area contributed by atoms with Crippen molar-refractivity contribution in [2.45, 2.75) is 30.2 Å². The van der Waals surface area contributed by atoms with Crippen LogP contribution in [0.4, 0.5) is 5.69 Å². The second kappa shape index (κ2) is 5.78. The lowest BCUT2D eigenvalue weighted by Crippen LogP contribution is -2.45. The summed E-state index contributed by atoms with van der Waals surface area (Å²) in [5, 5.41) is 9.09. The predicted octanol–water partition coefficient (Wildman–Crippen LogP) is 1.57. The average Bonchev–Trinajstić information content (AvgIpc) is 2.29. The molecule has 1 fully saturated rings. The van der Waals surface area contributed by atoms with Crippen LogP contribution in [0.5, 0.6) is 0 Å². The number of benzene rings is 1. The van der Waals surface area contributed by atoms with Crippen LogP contribution in [-0.4, -0.2) is 37.0 Å². The van der Waals surface area contributed by atoms with E-state index >= 15 is 0 Å². The first-order chi connectivity index (χ1) is 8.96. The molecular weight excluding hydrogens is 332 g/mol. The molecule has 0 saturated heterocycles. The Kier molecular flexibility index (Phi) is 4.50. The van der Waals surface area contributed by atoms with Crippen LogP contribution in [0.3, 0.4) is 0 Å². The fourth-order valence-electron chi connectivity index (χ4n) is 2.13. The third-order valence-electron chi connectivity index (χ3n) is 3.36. The van der Waals surface area contributed by atoms with E-state index in [1.807, 2.05) is 0 Å². The summed E-state index contributed by atoms with van der Waals surface area (Å²) >= 11 is 3.26. The second-order valence-electron chi connectivity index (χ2n) is 4.61. The highest BCUT2D eigenvalue weighted by Crippen LogP contribution is 2.32. The van der Waals surface area contributed by atoms with Gasteiger partial charge in [-0.05, 0) is 31.0 Å². The Morgan fingerprint density at radius 3 is 2.63 bits per heavy atom. The van der Waals surface area contributed by atoms with Gasteiger partial charge in [0.1, 0.15) is 4.90 Å². The summed E-state index contributed by atoms with van der Waals surface area (Å²) in [4.78, 5) is 0.0993. The van der Waals surface area contributed by atoms with Crippen LogP contribution in [0.1, 0.15) is 19.3 Å². The van der Waals surface area contributed by atoms with Gasteiger partial charge < -0.3 is 10.8 Å². The van der Waals surface area contributed by atoms with Gasteiger partial charge in [0.15, 0.2) is 0 Å². The van der Waals surface area contributed by atoms with E-state index in [9.17, 15) is 8.42 Å². The molecule has 0 aromatic heterocycles. The zero-order valence-electron chi connectivity index (χ0n) is 10.4. The van der Waals surface area contributed by atoms with E-state index in [1.54, 1.807) is 12.1 Å². The zero-order chi connectivity index (χ0) is 14.0. The number of sulfonamides is 1. The minimum Gasteiger partial charge on any atom is -0.398 e. The summed E-state index contributed by atoms with van der Waals surface area (Å²) in [5.74, 6) is 0. The SMILES string of the molecule is Nc1ccc(Br)cc1S(=O)(=O)N(CCO)C1CCC1. The molecule has 0 aliphatic heterocycles. The molecule has 1 saturated carbocycles. The quantitative estimate of drug-likeness (QED) is 0.791. The number of hydrogen-bond acceptors (Lipinski definition) is 4. The van der Waals surface area contributed by atoms with E-state index in [-0.39, 0.29) is 29.8 Å². The number of nitrogens with two attached hydrogens (primary N) is 1. The van der Waals surface area contributed by atoms with Crippen molar-refractivity contribution < 1.29 is 13.5 Å². The summed E-state index contributed by atoms with van der Waals surface area (Å²) < 4.78 is 27.3. The van der Waals surface area contributed by atoms with E-state index in [0.717, 1.165) is 19.3 Å². The molecule has 2 rings (SSSR count). The van der Waals surface area contributed by atoms with Crippen molar-refractivity contribution in [3.8, 4) is 0 Å². The monoisotopic (exact) mass is 348 g/mol. The summed E-state index contributed by atoms with van der Waals surface area (Å²) in [7, 11) is -3.66. The number of rotatable bonds is 5. The molecule has 7 heteroatoms. The van der Waals surface area contributed by atoms with Crippen LogP contribution in [0, 0.1) is 0 Å². The molecule has 0 unspecified atom stereocenters. The first-order valence-electron chi connectivity index (χ1n) is 6.14. The number of halogens is 1. The molecule has 3 N–H and O–H groups in total. The van der Waals surface area contributed by atoms with E-state index in [2.05, 4.69) is 15.9 Å². The normalized spacial score (nSPS) is 16.6. The number of aliphatic hydroxyl groups excluding tert-OH is 1. The van der Waals surface area contributed by atoms with Gasteiger partial charge in [0.25, 0.3) is 0 Å². The van der Waals surface area contributed by atoms with Gasteiger partial charge in [-0.1, -0.05) is 22.4 Å². The lowest BCUT2D eigenvalue weighted by atomic mass is 9.93. The van der Waals surface area contributed by atoms with Gasteiger partial charge in [0, 0.05) is 17.1 Å². The standard InChI is InChI=1S/C12H17BrN2O3S/c13-9-4-5-11(14)12(8-9)19(17,18)15(6-7-16)10-2-1-3-10/h4-5,8,10,16H,1-3,6-7,14H2. The van der Waals surface area contributed by atoms with Crippen LogP contribution in [0.2, 0.25) is 0 Å². The van der Waals surface area contributed by atoms with Crippen LogP contribution in [0.25, 0.3) is 0 Å². The molecular formula is C12H17BrN2O3S. The zero-order valence-corrected chi connectivity index (χ0v) is 12.8. The highest BCUT2D eigenvalue weighted by Gasteiger charge is 2.35. The molecule has 19 heavy (non-hydrogen) atoms. The first-order valence-corrected chi connectivity index (χ1v) is 8.38. The lowest BCUT2D eigenvalue weighted by molar-refractivity contribution is 0.178.